The normalized spacial score (nSPS) is 16.1. The van der Waals surface area contributed by atoms with E-state index in [2.05, 4.69) is 4.98 Å². The van der Waals surface area contributed by atoms with E-state index in [1.165, 1.54) is 35.2 Å². The molecule has 1 N–H and O–H groups in total. The lowest BCUT2D eigenvalue weighted by Crippen LogP contribution is -2.29. The van der Waals surface area contributed by atoms with E-state index in [-0.39, 0.29) is 36.3 Å². The van der Waals surface area contributed by atoms with Crippen LogP contribution >= 0.6 is 0 Å². The minimum atomic E-state index is -4.58. The molecule has 0 aliphatic carbocycles. The third kappa shape index (κ3) is 5.29. The number of pyridine rings is 1. The molecule has 1 fully saturated rings. The summed E-state index contributed by atoms with van der Waals surface area (Å²) in [5.41, 5.74) is -1.19. The maximum Gasteiger partial charge on any atom is 0.417 e. The van der Waals surface area contributed by atoms with Gasteiger partial charge in [-0.2, -0.15) is 13.2 Å². The van der Waals surface area contributed by atoms with Crippen molar-refractivity contribution in [3.05, 3.63) is 64.4 Å². The van der Waals surface area contributed by atoms with Crippen LogP contribution in [0.5, 0.6) is 0 Å². The Hall–Kier alpha value is -3.86. The fraction of sp³-hybridized carbons (Fsp3) is 0.292. The Morgan fingerprint density at radius 3 is 2.63 bits per heavy atom. The van der Waals surface area contributed by atoms with E-state index in [1.54, 1.807) is 31.1 Å². The molecule has 1 unspecified atom stereocenters. The molecule has 8 nitrogen and oxygen atoms in total. The van der Waals surface area contributed by atoms with E-state index in [1.807, 2.05) is 0 Å². The number of cyclic esters (lactones) is 1. The van der Waals surface area contributed by atoms with Gasteiger partial charge in [-0.15, -0.1) is 0 Å². The van der Waals surface area contributed by atoms with E-state index in [9.17, 15) is 27.6 Å². The third-order valence-corrected chi connectivity index (χ3v) is 5.41. The van der Waals surface area contributed by atoms with Crippen LogP contribution in [0, 0.1) is 0 Å². The van der Waals surface area contributed by atoms with Gasteiger partial charge in [0.05, 0.1) is 18.7 Å². The van der Waals surface area contributed by atoms with Gasteiger partial charge in [0.2, 0.25) is 0 Å². The number of esters is 1. The van der Waals surface area contributed by atoms with Crippen LogP contribution in [0.3, 0.4) is 0 Å². The molecule has 2 aromatic carbocycles. The van der Waals surface area contributed by atoms with Crippen molar-refractivity contribution in [2.45, 2.75) is 12.3 Å². The van der Waals surface area contributed by atoms with E-state index >= 15 is 0 Å². The highest BCUT2D eigenvalue weighted by molar-refractivity contribution is 5.94. The minimum Gasteiger partial charge on any atom is -0.461 e. The number of hydrogen-bond acceptors (Lipinski definition) is 6. The highest BCUT2D eigenvalue weighted by atomic mass is 19.4. The van der Waals surface area contributed by atoms with Crippen molar-refractivity contribution in [1.82, 2.24) is 9.88 Å². The van der Waals surface area contributed by atoms with Crippen LogP contribution in [0.4, 0.5) is 23.7 Å². The first-order valence-corrected chi connectivity index (χ1v) is 10.6. The van der Waals surface area contributed by atoms with Gasteiger partial charge in [0.15, 0.2) is 6.10 Å². The number of fused-ring (bicyclic) bond motifs is 1. The van der Waals surface area contributed by atoms with Crippen LogP contribution in [0.15, 0.2) is 53.3 Å². The number of carbonyl (C=O) groups excluding carboxylic acids is 2. The molecule has 184 valence electrons. The van der Waals surface area contributed by atoms with E-state index in [0.29, 0.717) is 11.1 Å². The SMILES string of the molecule is CN(C)CC(=O)OCC1CN(c2ccc3cc(-c4ccccc4C(F)(F)F)[nH]c(=O)c3c2)C(=O)O1. The first-order chi connectivity index (χ1) is 16.5. The zero-order chi connectivity index (χ0) is 25.3. The van der Waals surface area contributed by atoms with Gasteiger partial charge in [-0.1, -0.05) is 24.3 Å². The number of nitrogens with one attached hydrogen (secondary N) is 1. The number of ether oxygens (including phenoxy) is 2. The third-order valence-electron chi connectivity index (χ3n) is 5.41. The molecule has 11 heteroatoms. The van der Waals surface area contributed by atoms with Crippen LogP contribution in [0.25, 0.3) is 22.0 Å². The summed E-state index contributed by atoms with van der Waals surface area (Å²) in [5.74, 6) is -0.454. The number of amides is 1. The smallest absolute Gasteiger partial charge is 0.417 e. The second-order valence-electron chi connectivity index (χ2n) is 8.36. The lowest BCUT2D eigenvalue weighted by molar-refractivity contribution is -0.146. The van der Waals surface area contributed by atoms with Crippen LogP contribution in [0.2, 0.25) is 0 Å². The summed E-state index contributed by atoms with van der Waals surface area (Å²) in [5, 5.41) is 0.607. The number of carbonyl (C=O) groups is 2. The summed E-state index contributed by atoms with van der Waals surface area (Å²) in [6, 6.07) is 11.0. The van der Waals surface area contributed by atoms with E-state index in [0.717, 1.165) is 6.07 Å². The number of rotatable bonds is 6. The molecule has 1 amide bonds. The van der Waals surface area contributed by atoms with Crippen molar-refractivity contribution in [3.63, 3.8) is 0 Å². The molecule has 0 bridgehead atoms. The summed E-state index contributed by atoms with van der Waals surface area (Å²) >= 11 is 0. The van der Waals surface area contributed by atoms with Gasteiger partial charge >= 0.3 is 18.2 Å². The Bertz CT molecular complexity index is 1340. The Morgan fingerprint density at radius 1 is 1.17 bits per heavy atom. The second-order valence-corrected chi connectivity index (χ2v) is 8.36. The molecule has 35 heavy (non-hydrogen) atoms. The molecular formula is C24H22F3N3O5. The molecule has 1 aliphatic heterocycles. The molecule has 1 atom stereocenters. The van der Waals surface area contributed by atoms with E-state index < -0.39 is 35.5 Å². The van der Waals surface area contributed by atoms with Crippen molar-refractivity contribution in [2.24, 2.45) is 0 Å². The van der Waals surface area contributed by atoms with Gasteiger partial charge in [0.1, 0.15) is 6.61 Å². The van der Waals surface area contributed by atoms with Gasteiger partial charge in [0, 0.05) is 22.3 Å². The van der Waals surface area contributed by atoms with Crippen LogP contribution < -0.4 is 10.5 Å². The van der Waals surface area contributed by atoms with Crippen LogP contribution in [0.1, 0.15) is 5.56 Å². The number of benzene rings is 2. The summed E-state index contributed by atoms with van der Waals surface area (Å²) in [6.45, 7) is 0.0901. The predicted molar refractivity (Wildman–Crippen MR) is 122 cm³/mol. The quantitative estimate of drug-likeness (QED) is 0.532. The van der Waals surface area contributed by atoms with E-state index in [4.69, 9.17) is 9.47 Å². The zero-order valence-electron chi connectivity index (χ0n) is 18.9. The lowest BCUT2D eigenvalue weighted by atomic mass is 10.0. The van der Waals surface area contributed by atoms with Gasteiger partial charge in [-0.05, 0) is 43.7 Å². The molecule has 1 aliphatic rings. The Morgan fingerprint density at radius 2 is 1.91 bits per heavy atom. The summed E-state index contributed by atoms with van der Waals surface area (Å²) in [6.07, 6.45) is -5.92. The molecule has 4 rings (SSSR count). The molecule has 0 radical (unpaired) electrons. The van der Waals surface area contributed by atoms with Crippen molar-refractivity contribution >= 4 is 28.5 Å². The molecule has 0 spiro atoms. The number of nitrogens with zero attached hydrogens (tertiary/aromatic N) is 2. The number of alkyl halides is 3. The second kappa shape index (κ2) is 9.41. The number of halogens is 3. The average Bonchev–Trinajstić information content (AvgIpc) is 3.17. The Balaban J connectivity index is 1.58. The monoisotopic (exact) mass is 489 g/mol. The van der Waals surface area contributed by atoms with Crippen LogP contribution in [-0.4, -0.2) is 61.8 Å². The first kappa shape index (κ1) is 24.3. The van der Waals surface area contributed by atoms with Crippen molar-refractivity contribution in [2.75, 3.05) is 38.7 Å². The summed E-state index contributed by atoms with van der Waals surface area (Å²) < 4.78 is 50.7. The standard InChI is InChI=1S/C24H22F3N3O5/c1-29(2)12-21(31)34-13-16-11-30(23(33)35-16)15-8-7-14-9-20(28-22(32)18(14)10-15)17-5-3-4-6-19(17)24(25,26)27/h3-10,16H,11-13H2,1-2H3,(H,28,32). The maximum absolute atomic E-state index is 13.4. The van der Waals surface area contributed by atoms with Crippen molar-refractivity contribution < 1.29 is 32.2 Å². The van der Waals surface area contributed by atoms with Gasteiger partial charge in [-0.3, -0.25) is 19.4 Å². The Labute approximate surface area is 197 Å². The highest BCUT2D eigenvalue weighted by Gasteiger charge is 2.35. The molecule has 3 aromatic rings. The Kier molecular flexibility index (Phi) is 6.53. The maximum atomic E-state index is 13.4. The number of H-pyrrole nitrogens is 1. The number of likely N-dealkylation sites (N-methyl/N-ethyl adjacent to an activating group) is 1. The number of anilines is 1. The first-order valence-electron chi connectivity index (χ1n) is 10.6. The fourth-order valence-electron chi connectivity index (χ4n) is 3.84. The molecule has 1 aromatic heterocycles. The lowest BCUT2D eigenvalue weighted by Gasteiger charge is -2.15. The summed E-state index contributed by atoms with van der Waals surface area (Å²) in [7, 11) is 3.44. The summed E-state index contributed by atoms with van der Waals surface area (Å²) in [4.78, 5) is 42.3. The van der Waals surface area contributed by atoms with Gasteiger partial charge in [0.25, 0.3) is 5.56 Å². The molecule has 1 saturated heterocycles. The number of aromatic amines is 1. The van der Waals surface area contributed by atoms with Crippen LogP contribution in [-0.2, 0) is 20.4 Å². The molecule has 0 saturated carbocycles. The minimum absolute atomic E-state index is 0.0309. The zero-order valence-corrected chi connectivity index (χ0v) is 18.9. The molecular weight excluding hydrogens is 467 g/mol. The van der Waals surface area contributed by atoms with Crippen molar-refractivity contribution in [3.8, 4) is 11.3 Å². The largest absolute Gasteiger partial charge is 0.461 e. The van der Waals surface area contributed by atoms with Gasteiger partial charge in [-0.25, -0.2) is 4.79 Å². The number of hydrogen-bond donors (Lipinski definition) is 1. The fourth-order valence-corrected chi connectivity index (χ4v) is 3.84. The highest BCUT2D eigenvalue weighted by Crippen LogP contribution is 2.36. The van der Waals surface area contributed by atoms with Crippen molar-refractivity contribution in [1.29, 1.82) is 0 Å². The number of aromatic nitrogens is 1. The van der Waals surface area contributed by atoms with Gasteiger partial charge < -0.3 is 14.5 Å². The topological polar surface area (TPSA) is 91.9 Å². The molecule has 2 heterocycles. The average molecular weight is 489 g/mol. The predicted octanol–water partition coefficient (Wildman–Crippen LogP) is 3.64.